The maximum Gasteiger partial charge on any atom is 0.272 e. The molecule has 4 aromatic heterocycles. The number of benzene rings is 2. The molecular formula is C54H64F2N10O6. The molecule has 2 fully saturated rings. The highest BCUT2D eigenvalue weighted by Gasteiger charge is 2.28. The summed E-state index contributed by atoms with van der Waals surface area (Å²) in [5.41, 5.74) is 6.67. The van der Waals surface area contributed by atoms with E-state index < -0.39 is 0 Å². The molecule has 2 atom stereocenters. The Kier molecular flexibility index (Phi) is 15.6. The molecule has 2 N–H and O–H groups in total. The first-order chi connectivity index (χ1) is 35.0. The molecular weight excluding hydrogens is 923 g/mol. The molecule has 16 nitrogen and oxygen atoms in total. The topological polar surface area (TPSA) is 179 Å². The van der Waals surface area contributed by atoms with E-state index in [0.717, 1.165) is 134 Å². The number of halogens is 2. The average Bonchev–Trinajstić information content (AvgIpc) is 3.40. The monoisotopic (exact) mass is 986 g/mol. The van der Waals surface area contributed by atoms with Gasteiger partial charge >= 0.3 is 0 Å². The molecule has 2 amide bonds. The van der Waals surface area contributed by atoms with Gasteiger partial charge in [0.2, 0.25) is 11.8 Å². The van der Waals surface area contributed by atoms with Crippen LogP contribution in [-0.2, 0) is 25.7 Å². The van der Waals surface area contributed by atoms with Gasteiger partial charge < -0.3 is 39.4 Å². The molecule has 380 valence electrons. The third-order valence-corrected chi connectivity index (χ3v) is 13.8. The zero-order chi connectivity index (χ0) is 50.1. The third-order valence-electron chi connectivity index (χ3n) is 13.8. The van der Waals surface area contributed by atoms with Crippen molar-refractivity contribution in [2.45, 2.75) is 102 Å². The second-order valence-corrected chi connectivity index (χ2v) is 18.8. The van der Waals surface area contributed by atoms with Crippen LogP contribution in [0.2, 0.25) is 0 Å². The highest BCUT2D eigenvalue weighted by Crippen LogP contribution is 2.28. The minimum Gasteiger partial charge on any atom is -0.489 e. The number of aromatic nitrogens is 6. The predicted molar refractivity (Wildman–Crippen MR) is 270 cm³/mol. The van der Waals surface area contributed by atoms with Crippen LogP contribution in [0.1, 0.15) is 95.7 Å². The number of rotatable bonds is 12. The number of nitrogens with one attached hydrogen (secondary N) is 2. The fraction of sp³-hybridized carbons (Fsp3) is 0.407. The molecule has 6 heterocycles. The summed E-state index contributed by atoms with van der Waals surface area (Å²) >= 11 is 0. The number of hydrogen-bond acceptors (Lipinski definition) is 14. The quantitative estimate of drug-likeness (QED) is 0.121. The molecule has 72 heavy (non-hydrogen) atoms. The number of hydrogen-bond donors (Lipinski definition) is 2. The Morgan fingerprint density at radius 3 is 1.33 bits per heavy atom. The van der Waals surface area contributed by atoms with E-state index in [4.69, 9.17) is 18.9 Å². The Morgan fingerprint density at radius 2 is 0.972 bits per heavy atom. The van der Waals surface area contributed by atoms with Crippen molar-refractivity contribution < 1.29 is 40.2 Å². The van der Waals surface area contributed by atoms with Crippen LogP contribution in [0, 0.1) is 25.5 Å². The Labute approximate surface area is 420 Å². The highest BCUT2D eigenvalue weighted by atomic mass is 19.1. The summed E-state index contributed by atoms with van der Waals surface area (Å²) in [5, 5.41) is 23.4. The third kappa shape index (κ3) is 12.3. The fourth-order valence-electron chi connectivity index (χ4n) is 9.89. The zero-order valence-electron chi connectivity index (χ0n) is 41.1. The average molecular weight is 987 g/mol. The number of aryl methyl sites for hydroxylation is 4. The van der Waals surface area contributed by atoms with Crippen molar-refractivity contribution in [3.05, 3.63) is 142 Å². The van der Waals surface area contributed by atoms with Crippen LogP contribution in [0.3, 0.4) is 0 Å². The Balaban J connectivity index is 0.000000211. The molecule has 18 heteroatoms. The van der Waals surface area contributed by atoms with E-state index in [1.807, 2.05) is 38.1 Å². The van der Waals surface area contributed by atoms with Gasteiger partial charge in [-0.15, -0.1) is 20.4 Å². The smallest absolute Gasteiger partial charge is 0.272 e. The SMILES string of the molecule is COc1ccc(OC2CCN(c3nnc(C(=O)N[C@@H]4CCc5cc(F)ccc5C4)cc3C)CC2)cn1.COc1ccc(OC2CCN(c3nnc(C(=O)N[C@H]4CCc5cc(F)ccc5C4)cc3C)CC2)cn1.[HH].[HH]. The molecule has 2 aliphatic carbocycles. The number of amides is 2. The standard InChI is InChI=1S/2C27H30FN5O3.2H2/c2*1-17-13-24(27(34)30-21-6-4-18-14-20(28)5-3-19(18)15-21)31-32-26(17)33-11-9-22(10-12-33)36-23-7-8-25(35-2)29-16-23;;/h2*3,5,7-8,13-14,16,21-22H,4,6,9-12,15H2,1-2H3,(H,30,34);2*1H/t2*21-;;/m10../s1. The Bertz CT molecular complexity index is 2660. The van der Waals surface area contributed by atoms with E-state index in [9.17, 15) is 18.4 Å². The minimum atomic E-state index is -0.229. The number of ether oxygens (including phenoxy) is 4. The van der Waals surface area contributed by atoms with Gasteiger partial charge in [-0.05, 0) is 134 Å². The second kappa shape index (κ2) is 22.7. The van der Waals surface area contributed by atoms with Crippen LogP contribution in [0.5, 0.6) is 23.3 Å². The molecule has 0 saturated carbocycles. The van der Waals surface area contributed by atoms with E-state index in [-0.39, 0.29) is 50.6 Å². The van der Waals surface area contributed by atoms with Crippen LogP contribution >= 0.6 is 0 Å². The largest absolute Gasteiger partial charge is 0.489 e. The first-order valence-corrected chi connectivity index (χ1v) is 24.6. The van der Waals surface area contributed by atoms with E-state index >= 15 is 0 Å². The maximum atomic E-state index is 13.5. The molecule has 2 aromatic carbocycles. The normalized spacial score (nSPS) is 17.9. The van der Waals surface area contributed by atoms with Crippen LogP contribution < -0.4 is 39.4 Å². The number of carbonyl (C=O) groups excluding carboxylic acids is 2. The first-order valence-electron chi connectivity index (χ1n) is 24.6. The van der Waals surface area contributed by atoms with Crippen LogP contribution in [0.15, 0.2) is 85.2 Å². The van der Waals surface area contributed by atoms with Gasteiger partial charge in [-0.1, -0.05) is 12.1 Å². The lowest BCUT2D eigenvalue weighted by atomic mass is 9.88. The zero-order valence-corrected chi connectivity index (χ0v) is 41.1. The molecule has 0 unspecified atom stereocenters. The number of nitrogens with zero attached hydrogens (tertiary/aromatic N) is 8. The Hall–Kier alpha value is -7.50. The number of carbonyl (C=O) groups is 2. The molecule has 10 rings (SSSR count). The van der Waals surface area contributed by atoms with Gasteiger partial charge in [0.05, 0.1) is 26.6 Å². The molecule has 2 aliphatic heterocycles. The lowest BCUT2D eigenvalue weighted by Crippen LogP contribution is -2.40. The minimum absolute atomic E-state index is 0. The van der Waals surface area contributed by atoms with Crippen LogP contribution in [-0.4, -0.2) is 107 Å². The fourth-order valence-corrected chi connectivity index (χ4v) is 9.89. The summed E-state index contributed by atoms with van der Waals surface area (Å²) in [5.74, 6) is 3.29. The lowest BCUT2D eigenvalue weighted by Gasteiger charge is -2.33. The summed E-state index contributed by atoms with van der Waals surface area (Å²) in [7, 11) is 3.17. The molecule has 0 bridgehead atoms. The molecule has 4 aliphatic rings. The van der Waals surface area contributed by atoms with Gasteiger partial charge in [-0.3, -0.25) is 9.59 Å². The van der Waals surface area contributed by atoms with Crippen LogP contribution in [0.4, 0.5) is 20.4 Å². The van der Waals surface area contributed by atoms with E-state index in [0.29, 0.717) is 36.0 Å². The lowest BCUT2D eigenvalue weighted by molar-refractivity contribution is 0.0919. The second-order valence-electron chi connectivity index (χ2n) is 18.8. The van der Waals surface area contributed by atoms with Gasteiger partial charge in [-0.2, -0.15) is 0 Å². The van der Waals surface area contributed by atoms with Crippen LogP contribution in [0.25, 0.3) is 0 Å². The molecule has 2 saturated heterocycles. The van der Waals surface area contributed by atoms with Gasteiger partial charge in [0, 0.05) is 78.9 Å². The van der Waals surface area contributed by atoms with E-state index in [1.165, 1.54) is 12.1 Å². The van der Waals surface area contributed by atoms with Gasteiger partial charge in [0.15, 0.2) is 23.0 Å². The van der Waals surface area contributed by atoms with Gasteiger partial charge in [-0.25, -0.2) is 18.7 Å². The molecule has 0 radical (unpaired) electrons. The van der Waals surface area contributed by atoms with Crippen molar-refractivity contribution in [1.82, 2.24) is 41.0 Å². The van der Waals surface area contributed by atoms with Crippen molar-refractivity contribution in [2.75, 3.05) is 50.2 Å². The summed E-state index contributed by atoms with van der Waals surface area (Å²) < 4.78 is 49.2. The number of methoxy groups -OCH3 is 2. The summed E-state index contributed by atoms with van der Waals surface area (Å²) in [6.45, 7) is 7.07. The number of pyridine rings is 2. The van der Waals surface area contributed by atoms with Crippen molar-refractivity contribution in [3.63, 3.8) is 0 Å². The molecule has 0 spiro atoms. The van der Waals surface area contributed by atoms with Gasteiger partial charge in [0.25, 0.3) is 11.8 Å². The van der Waals surface area contributed by atoms with Crippen molar-refractivity contribution in [3.8, 4) is 23.3 Å². The van der Waals surface area contributed by atoms with E-state index in [1.54, 1.807) is 63.0 Å². The van der Waals surface area contributed by atoms with Crippen molar-refractivity contribution in [1.29, 1.82) is 0 Å². The number of anilines is 2. The highest BCUT2D eigenvalue weighted by molar-refractivity contribution is 5.93. The maximum absolute atomic E-state index is 13.5. The summed E-state index contributed by atoms with van der Waals surface area (Å²) in [6.07, 6.45) is 11.4. The number of piperidine rings is 2. The first kappa shape index (κ1) is 49.5. The summed E-state index contributed by atoms with van der Waals surface area (Å²) in [6, 6.07) is 20.6. The van der Waals surface area contributed by atoms with Crippen molar-refractivity contribution >= 4 is 23.5 Å². The number of fused-ring (bicyclic) bond motifs is 2. The molecule has 6 aromatic rings. The summed E-state index contributed by atoms with van der Waals surface area (Å²) in [4.78, 5) is 38.5. The van der Waals surface area contributed by atoms with Gasteiger partial charge in [0.1, 0.15) is 35.3 Å². The predicted octanol–water partition coefficient (Wildman–Crippen LogP) is 7.82. The van der Waals surface area contributed by atoms with Crippen molar-refractivity contribution in [2.24, 2.45) is 0 Å². The van der Waals surface area contributed by atoms with E-state index in [2.05, 4.69) is 50.8 Å². The Morgan fingerprint density at radius 1 is 0.556 bits per heavy atom.